The third-order valence-electron chi connectivity index (χ3n) is 4.75. The number of hydrogen-bond acceptors (Lipinski definition) is 3. The maximum Gasteiger partial charge on any atom is 0.129 e. The van der Waals surface area contributed by atoms with Crippen LogP contribution < -0.4 is 10.6 Å². The van der Waals surface area contributed by atoms with Crippen LogP contribution in [0.1, 0.15) is 22.3 Å². The summed E-state index contributed by atoms with van der Waals surface area (Å²) in [4.78, 5) is 6.19. The second-order valence-electron chi connectivity index (χ2n) is 6.45. The lowest BCUT2D eigenvalue weighted by atomic mass is 9.92. The summed E-state index contributed by atoms with van der Waals surface area (Å²) in [6.07, 6.45) is 6.55. The van der Waals surface area contributed by atoms with Crippen LogP contribution in [0.2, 0.25) is 0 Å². The fraction of sp³-hybridized carbons (Fsp3) is 0.136. The highest BCUT2D eigenvalue weighted by Gasteiger charge is 2.19. The highest BCUT2D eigenvalue weighted by Crippen LogP contribution is 2.32. The van der Waals surface area contributed by atoms with Gasteiger partial charge in [-0.2, -0.15) is 0 Å². The first-order valence-electron chi connectivity index (χ1n) is 8.67. The number of rotatable bonds is 4. The van der Waals surface area contributed by atoms with Crippen molar-refractivity contribution in [2.75, 3.05) is 4.90 Å². The van der Waals surface area contributed by atoms with Crippen LogP contribution in [0.15, 0.2) is 73.2 Å². The van der Waals surface area contributed by atoms with Gasteiger partial charge in [-0.05, 0) is 52.9 Å². The van der Waals surface area contributed by atoms with Gasteiger partial charge < -0.3 is 10.6 Å². The first-order valence-corrected chi connectivity index (χ1v) is 8.67. The Kier molecular flexibility index (Phi) is 4.50. The molecule has 0 amide bonds. The van der Waals surface area contributed by atoms with E-state index >= 15 is 0 Å². The van der Waals surface area contributed by atoms with Crippen LogP contribution in [0.5, 0.6) is 0 Å². The average molecular weight is 345 g/mol. The lowest BCUT2D eigenvalue weighted by molar-refractivity contribution is 0.610. The zero-order valence-corrected chi connectivity index (χ0v) is 14.4. The lowest BCUT2D eigenvalue weighted by Gasteiger charge is -2.29. The number of fused-ring (bicyclic) bond motifs is 1. The van der Waals surface area contributed by atoms with Crippen LogP contribution in [0.25, 0.3) is 5.57 Å². The lowest BCUT2D eigenvalue weighted by Crippen LogP contribution is -2.22. The number of pyridine rings is 1. The SMILES string of the molecule is NCc1ccc(N2C=C(Cc3ccncc3)c3ccccc3C2)cc1F. The molecule has 0 bridgehead atoms. The normalized spacial score (nSPS) is 13.3. The van der Waals surface area contributed by atoms with Gasteiger partial charge in [-0.1, -0.05) is 30.3 Å². The molecule has 0 spiro atoms. The Balaban J connectivity index is 1.73. The molecule has 0 unspecified atom stereocenters. The Labute approximate surface area is 152 Å². The minimum absolute atomic E-state index is 0.206. The standard InChI is InChI=1S/C22H20FN3/c23-22-12-20(6-5-17(22)13-24)26-14-18-3-1-2-4-21(18)19(15-26)11-16-7-9-25-10-8-16/h1-10,12,15H,11,13-14,24H2. The van der Waals surface area contributed by atoms with Gasteiger partial charge in [-0.15, -0.1) is 0 Å². The predicted octanol–water partition coefficient (Wildman–Crippen LogP) is 4.28. The Morgan fingerprint density at radius 1 is 1.04 bits per heavy atom. The van der Waals surface area contributed by atoms with E-state index in [0.29, 0.717) is 5.56 Å². The number of aromatic nitrogens is 1. The Bertz CT molecular complexity index is 951. The summed E-state index contributed by atoms with van der Waals surface area (Å²) in [6, 6.07) is 17.7. The Hall–Kier alpha value is -2.98. The van der Waals surface area contributed by atoms with Gasteiger partial charge in [0.25, 0.3) is 0 Å². The molecule has 1 aliphatic heterocycles. The van der Waals surface area contributed by atoms with E-state index in [4.69, 9.17) is 5.73 Å². The monoisotopic (exact) mass is 345 g/mol. The van der Waals surface area contributed by atoms with Crippen LogP contribution in [0.3, 0.4) is 0 Å². The average Bonchev–Trinajstić information content (AvgIpc) is 2.68. The molecule has 130 valence electrons. The van der Waals surface area contributed by atoms with Crippen molar-refractivity contribution >= 4 is 11.3 Å². The van der Waals surface area contributed by atoms with Gasteiger partial charge in [0.15, 0.2) is 0 Å². The highest BCUT2D eigenvalue weighted by atomic mass is 19.1. The van der Waals surface area contributed by atoms with Crippen molar-refractivity contribution in [3.8, 4) is 0 Å². The molecule has 0 radical (unpaired) electrons. The summed E-state index contributed by atoms with van der Waals surface area (Å²) in [5, 5.41) is 0. The number of anilines is 1. The van der Waals surface area contributed by atoms with Gasteiger partial charge in [-0.25, -0.2) is 4.39 Å². The van der Waals surface area contributed by atoms with Crippen LogP contribution in [-0.2, 0) is 19.5 Å². The number of nitrogens with zero attached hydrogens (tertiary/aromatic N) is 2. The van der Waals surface area contributed by atoms with Crippen molar-refractivity contribution in [2.24, 2.45) is 5.73 Å². The molecular weight excluding hydrogens is 325 g/mol. The van der Waals surface area contributed by atoms with Crippen molar-refractivity contribution in [1.29, 1.82) is 0 Å². The zero-order valence-electron chi connectivity index (χ0n) is 14.4. The largest absolute Gasteiger partial charge is 0.343 e. The highest BCUT2D eigenvalue weighted by molar-refractivity contribution is 5.76. The topological polar surface area (TPSA) is 42.1 Å². The molecule has 2 aromatic carbocycles. The molecular formula is C22H20FN3. The molecule has 1 aliphatic rings. The number of hydrogen-bond donors (Lipinski definition) is 1. The first kappa shape index (κ1) is 16.5. The fourth-order valence-electron chi connectivity index (χ4n) is 3.37. The third-order valence-corrected chi connectivity index (χ3v) is 4.75. The molecule has 0 saturated carbocycles. The molecule has 4 heteroatoms. The third kappa shape index (κ3) is 3.24. The van der Waals surface area contributed by atoms with Gasteiger partial charge in [0, 0.05) is 42.9 Å². The molecule has 26 heavy (non-hydrogen) atoms. The summed E-state index contributed by atoms with van der Waals surface area (Å²) in [7, 11) is 0. The van der Waals surface area contributed by atoms with E-state index in [1.54, 1.807) is 12.1 Å². The first-order chi connectivity index (χ1) is 12.7. The molecule has 0 fully saturated rings. The second-order valence-corrected chi connectivity index (χ2v) is 6.45. The van der Waals surface area contributed by atoms with E-state index in [9.17, 15) is 4.39 Å². The van der Waals surface area contributed by atoms with Crippen LogP contribution in [0.4, 0.5) is 10.1 Å². The smallest absolute Gasteiger partial charge is 0.129 e. The van der Waals surface area contributed by atoms with Crippen molar-refractivity contribution in [1.82, 2.24) is 4.98 Å². The number of halogens is 1. The summed E-state index contributed by atoms with van der Waals surface area (Å²) >= 11 is 0. The van der Waals surface area contributed by atoms with Gasteiger partial charge in [0.1, 0.15) is 5.82 Å². The molecule has 1 aromatic heterocycles. The molecule has 4 rings (SSSR count). The Morgan fingerprint density at radius 3 is 2.62 bits per heavy atom. The molecule has 0 saturated heterocycles. The van der Waals surface area contributed by atoms with Crippen molar-refractivity contribution in [3.63, 3.8) is 0 Å². The van der Waals surface area contributed by atoms with Gasteiger partial charge >= 0.3 is 0 Å². The number of allylic oxidation sites excluding steroid dienone is 1. The summed E-state index contributed by atoms with van der Waals surface area (Å²) in [5.74, 6) is -0.257. The van der Waals surface area contributed by atoms with Gasteiger partial charge in [-0.3, -0.25) is 4.98 Å². The minimum Gasteiger partial charge on any atom is -0.343 e. The van der Waals surface area contributed by atoms with Crippen molar-refractivity contribution < 1.29 is 4.39 Å². The van der Waals surface area contributed by atoms with Crippen molar-refractivity contribution in [2.45, 2.75) is 19.5 Å². The fourth-order valence-corrected chi connectivity index (χ4v) is 3.37. The quantitative estimate of drug-likeness (QED) is 0.767. The number of nitrogens with two attached hydrogens (primary N) is 1. The van der Waals surface area contributed by atoms with E-state index in [1.165, 1.54) is 22.3 Å². The maximum absolute atomic E-state index is 14.2. The Morgan fingerprint density at radius 2 is 1.85 bits per heavy atom. The summed E-state index contributed by atoms with van der Waals surface area (Å²) < 4.78 is 14.2. The van der Waals surface area contributed by atoms with Gasteiger partial charge in [0.2, 0.25) is 0 Å². The summed E-state index contributed by atoms with van der Waals surface area (Å²) in [6.45, 7) is 0.926. The number of benzene rings is 2. The zero-order chi connectivity index (χ0) is 17.9. The van der Waals surface area contributed by atoms with E-state index in [2.05, 4.69) is 34.3 Å². The van der Waals surface area contributed by atoms with E-state index < -0.39 is 0 Å². The van der Waals surface area contributed by atoms with Gasteiger partial charge in [0.05, 0.1) is 0 Å². The predicted molar refractivity (Wildman–Crippen MR) is 103 cm³/mol. The molecule has 0 atom stereocenters. The van der Waals surface area contributed by atoms with Crippen LogP contribution in [-0.4, -0.2) is 4.98 Å². The molecule has 2 heterocycles. The van der Waals surface area contributed by atoms with E-state index in [1.807, 2.05) is 36.7 Å². The maximum atomic E-state index is 14.2. The molecule has 2 N–H and O–H groups in total. The van der Waals surface area contributed by atoms with Crippen LogP contribution >= 0.6 is 0 Å². The second kappa shape index (κ2) is 7.10. The van der Waals surface area contributed by atoms with E-state index in [-0.39, 0.29) is 12.4 Å². The summed E-state index contributed by atoms with van der Waals surface area (Å²) in [5.41, 5.74) is 11.8. The van der Waals surface area contributed by atoms with E-state index in [0.717, 1.165) is 18.7 Å². The minimum atomic E-state index is -0.257. The molecule has 0 aliphatic carbocycles. The van der Waals surface area contributed by atoms with Crippen LogP contribution in [0, 0.1) is 5.82 Å². The molecule has 3 aromatic rings. The molecule has 3 nitrogen and oxygen atoms in total. The van der Waals surface area contributed by atoms with Crippen molar-refractivity contribution in [3.05, 3.63) is 101 Å².